The van der Waals surface area contributed by atoms with E-state index in [-0.39, 0.29) is 24.4 Å². The van der Waals surface area contributed by atoms with Crippen LogP contribution >= 0.6 is 12.4 Å². The van der Waals surface area contributed by atoms with Crippen LogP contribution in [0, 0.1) is 0 Å². The second-order valence-electron chi connectivity index (χ2n) is 5.16. The summed E-state index contributed by atoms with van der Waals surface area (Å²) in [5.74, 6) is 0.0736. The smallest absolute Gasteiger partial charge is 0.224 e. The van der Waals surface area contributed by atoms with Gasteiger partial charge in [0.15, 0.2) is 0 Å². The summed E-state index contributed by atoms with van der Waals surface area (Å²) in [5.41, 5.74) is 2.03. The van der Waals surface area contributed by atoms with Crippen LogP contribution < -0.4 is 10.6 Å². The van der Waals surface area contributed by atoms with Gasteiger partial charge >= 0.3 is 0 Å². The van der Waals surface area contributed by atoms with Crippen LogP contribution in [0.3, 0.4) is 0 Å². The van der Waals surface area contributed by atoms with Gasteiger partial charge in [0, 0.05) is 25.3 Å². The predicted octanol–water partition coefficient (Wildman–Crippen LogP) is 3.12. The lowest BCUT2D eigenvalue weighted by atomic mass is 10.1. The van der Waals surface area contributed by atoms with E-state index in [9.17, 15) is 4.79 Å². The molecule has 0 bridgehead atoms. The Labute approximate surface area is 133 Å². The molecule has 1 aliphatic heterocycles. The van der Waals surface area contributed by atoms with E-state index in [0.717, 1.165) is 50.2 Å². The molecule has 0 spiro atoms. The maximum Gasteiger partial charge on any atom is 0.224 e. The quantitative estimate of drug-likeness (QED) is 0.813. The summed E-state index contributed by atoms with van der Waals surface area (Å²) in [7, 11) is 0. The van der Waals surface area contributed by atoms with Gasteiger partial charge in [0.05, 0.1) is 6.10 Å². The van der Waals surface area contributed by atoms with E-state index >= 15 is 0 Å². The number of anilines is 1. The van der Waals surface area contributed by atoms with Crippen molar-refractivity contribution in [1.82, 2.24) is 5.32 Å². The largest absolute Gasteiger partial charge is 0.378 e. The molecule has 5 heteroatoms. The first-order valence-corrected chi connectivity index (χ1v) is 7.49. The number of hydrogen-bond donors (Lipinski definition) is 2. The first-order valence-electron chi connectivity index (χ1n) is 7.49. The normalized spacial score (nSPS) is 17.3. The number of amides is 1. The lowest BCUT2D eigenvalue weighted by molar-refractivity contribution is -0.116. The van der Waals surface area contributed by atoms with E-state index in [0.29, 0.717) is 6.42 Å². The highest BCUT2D eigenvalue weighted by atomic mass is 35.5. The Morgan fingerprint density at radius 1 is 1.38 bits per heavy atom. The fourth-order valence-electron chi connectivity index (χ4n) is 2.43. The highest BCUT2D eigenvalue weighted by Gasteiger charge is 2.16. The van der Waals surface area contributed by atoms with E-state index in [1.54, 1.807) is 0 Å². The van der Waals surface area contributed by atoms with Gasteiger partial charge in [-0.3, -0.25) is 4.79 Å². The molecule has 1 saturated heterocycles. The van der Waals surface area contributed by atoms with Gasteiger partial charge in [-0.2, -0.15) is 0 Å². The molecule has 0 saturated carbocycles. The topological polar surface area (TPSA) is 50.4 Å². The second kappa shape index (κ2) is 9.77. The van der Waals surface area contributed by atoms with Crippen LogP contribution in [0.5, 0.6) is 0 Å². The third-order valence-corrected chi connectivity index (χ3v) is 3.57. The van der Waals surface area contributed by atoms with E-state index in [1.165, 1.54) is 0 Å². The minimum absolute atomic E-state index is 0. The van der Waals surface area contributed by atoms with Gasteiger partial charge < -0.3 is 15.4 Å². The molecule has 1 atom stereocenters. The molecular formula is C16H25ClN2O2. The zero-order chi connectivity index (χ0) is 14.2. The van der Waals surface area contributed by atoms with Gasteiger partial charge in [0.2, 0.25) is 5.91 Å². The Kier molecular flexibility index (Phi) is 8.35. The van der Waals surface area contributed by atoms with Crippen molar-refractivity contribution in [2.45, 2.75) is 45.3 Å². The maximum atomic E-state index is 12.0. The third-order valence-electron chi connectivity index (χ3n) is 3.57. The summed E-state index contributed by atoms with van der Waals surface area (Å²) in [4.78, 5) is 12.0. The van der Waals surface area contributed by atoms with Crippen molar-refractivity contribution < 1.29 is 9.53 Å². The zero-order valence-corrected chi connectivity index (χ0v) is 13.4. The molecule has 1 aliphatic rings. The molecule has 1 aromatic rings. The van der Waals surface area contributed by atoms with Gasteiger partial charge in [-0.05, 0) is 37.4 Å². The Morgan fingerprint density at radius 2 is 2.19 bits per heavy atom. The maximum absolute atomic E-state index is 12.0. The van der Waals surface area contributed by atoms with Gasteiger partial charge in [-0.1, -0.05) is 25.1 Å². The van der Waals surface area contributed by atoms with Gasteiger partial charge in [-0.25, -0.2) is 0 Å². The van der Waals surface area contributed by atoms with E-state index < -0.39 is 0 Å². The first kappa shape index (κ1) is 18.0. The standard InChI is InChI=1S/C16H24N2O2.ClH/c1-2-17-12-13-6-3-4-8-15(13)18-16(19)10-9-14-7-5-11-20-14;/h3-4,6,8,14,17H,2,5,7,9-12H2,1H3,(H,18,19);1H. The summed E-state index contributed by atoms with van der Waals surface area (Å²) in [6.07, 6.45) is 3.83. The SMILES string of the molecule is CCNCc1ccccc1NC(=O)CCC1CCCO1.Cl. The average molecular weight is 313 g/mol. The Morgan fingerprint density at radius 3 is 2.90 bits per heavy atom. The van der Waals surface area contributed by atoms with Crippen LogP contribution in [0.1, 0.15) is 38.2 Å². The summed E-state index contributed by atoms with van der Waals surface area (Å²) < 4.78 is 5.54. The Bertz CT molecular complexity index is 434. The zero-order valence-electron chi connectivity index (χ0n) is 12.6. The number of carbonyl (C=O) groups excluding carboxylic acids is 1. The summed E-state index contributed by atoms with van der Waals surface area (Å²) >= 11 is 0. The molecule has 1 heterocycles. The molecule has 1 amide bonds. The molecule has 1 unspecified atom stereocenters. The van der Waals surface area contributed by atoms with Crippen LogP contribution in [0.25, 0.3) is 0 Å². The molecule has 2 rings (SSSR count). The van der Waals surface area contributed by atoms with Crippen molar-refractivity contribution in [1.29, 1.82) is 0 Å². The number of rotatable bonds is 7. The molecule has 0 aliphatic carbocycles. The van der Waals surface area contributed by atoms with Crippen LogP contribution in [-0.2, 0) is 16.1 Å². The third kappa shape index (κ3) is 6.04. The highest BCUT2D eigenvalue weighted by Crippen LogP contribution is 2.18. The molecule has 2 N–H and O–H groups in total. The van der Waals surface area contributed by atoms with Crippen molar-refractivity contribution >= 4 is 24.0 Å². The van der Waals surface area contributed by atoms with Crippen LogP contribution in [-0.4, -0.2) is 25.2 Å². The molecule has 0 aromatic heterocycles. The molecular weight excluding hydrogens is 288 g/mol. The van der Waals surface area contributed by atoms with E-state index in [2.05, 4.69) is 17.6 Å². The van der Waals surface area contributed by atoms with Crippen molar-refractivity contribution in [3.8, 4) is 0 Å². The number of para-hydroxylation sites is 1. The molecule has 118 valence electrons. The minimum Gasteiger partial charge on any atom is -0.378 e. The van der Waals surface area contributed by atoms with Gasteiger partial charge in [0.25, 0.3) is 0 Å². The number of benzene rings is 1. The van der Waals surface area contributed by atoms with E-state index in [4.69, 9.17) is 4.74 Å². The number of carbonyl (C=O) groups is 1. The lowest BCUT2D eigenvalue weighted by Gasteiger charge is -2.12. The fraction of sp³-hybridized carbons (Fsp3) is 0.562. The van der Waals surface area contributed by atoms with Gasteiger partial charge in [-0.15, -0.1) is 12.4 Å². The summed E-state index contributed by atoms with van der Waals surface area (Å²) in [6, 6.07) is 7.94. The highest BCUT2D eigenvalue weighted by molar-refractivity contribution is 5.91. The van der Waals surface area contributed by atoms with Crippen molar-refractivity contribution in [2.24, 2.45) is 0 Å². The average Bonchev–Trinajstić information content (AvgIpc) is 2.97. The fourth-order valence-corrected chi connectivity index (χ4v) is 2.43. The molecule has 0 radical (unpaired) electrons. The van der Waals surface area contributed by atoms with Crippen molar-refractivity contribution in [3.63, 3.8) is 0 Å². The van der Waals surface area contributed by atoms with E-state index in [1.807, 2.05) is 24.3 Å². The number of ether oxygens (including phenoxy) is 1. The molecule has 21 heavy (non-hydrogen) atoms. The molecule has 1 fully saturated rings. The molecule has 4 nitrogen and oxygen atoms in total. The first-order chi connectivity index (χ1) is 9.79. The van der Waals surface area contributed by atoms with Crippen LogP contribution in [0.15, 0.2) is 24.3 Å². The number of hydrogen-bond acceptors (Lipinski definition) is 3. The van der Waals surface area contributed by atoms with Gasteiger partial charge in [0.1, 0.15) is 0 Å². The summed E-state index contributed by atoms with van der Waals surface area (Å²) in [5, 5.41) is 6.29. The number of nitrogens with one attached hydrogen (secondary N) is 2. The van der Waals surface area contributed by atoms with Crippen LogP contribution in [0.2, 0.25) is 0 Å². The monoisotopic (exact) mass is 312 g/mol. The Hall–Kier alpha value is -1.10. The predicted molar refractivity (Wildman–Crippen MR) is 87.9 cm³/mol. The summed E-state index contributed by atoms with van der Waals surface area (Å²) in [6.45, 7) is 4.61. The molecule has 1 aromatic carbocycles. The van der Waals surface area contributed by atoms with Crippen molar-refractivity contribution in [3.05, 3.63) is 29.8 Å². The Balaban J connectivity index is 0.00000220. The minimum atomic E-state index is 0. The van der Waals surface area contributed by atoms with Crippen LogP contribution in [0.4, 0.5) is 5.69 Å². The lowest BCUT2D eigenvalue weighted by Crippen LogP contribution is -2.18. The second-order valence-corrected chi connectivity index (χ2v) is 5.16. The van der Waals surface area contributed by atoms with Crippen molar-refractivity contribution in [2.75, 3.05) is 18.5 Å². The number of halogens is 1.